The van der Waals surface area contributed by atoms with E-state index in [1.165, 1.54) is 17.3 Å². The van der Waals surface area contributed by atoms with E-state index in [1.807, 2.05) is 31.2 Å². The number of anilines is 1. The van der Waals surface area contributed by atoms with Gasteiger partial charge in [-0.2, -0.15) is 0 Å². The van der Waals surface area contributed by atoms with Gasteiger partial charge in [-0.1, -0.05) is 59.3 Å². The summed E-state index contributed by atoms with van der Waals surface area (Å²) >= 11 is 7.61. The van der Waals surface area contributed by atoms with Crippen LogP contribution in [-0.4, -0.2) is 39.0 Å². The van der Waals surface area contributed by atoms with Crippen molar-refractivity contribution in [3.05, 3.63) is 64.7 Å². The number of hydrogen-bond acceptors (Lipinski definition) is 5. The summed E-state index contributed by atoms with van der Waals surface area (Å²) in [7, 11) is 0. The molecule has 0 spiro atoms. The van der Waals surface area contributed by atoms with Crippen molar-refractivity contribution in [2.75, 3.05) is 18.0 Å². The zero-order chi connectivity index (χ0) is 21.8. The number of halogens is 1. The Bertz CT molecular complexity index is 1050. The quantitative estimate of drug-likeness (QED) is 0.526. The van der Waals surface area contributed by atoms with Crippen molar-refractivity contribution in [2.24, 2.45) is 0 Å². The van der Waals surface area contributed by atoms with Crippen LogP contribution in [0, 0.1) is 6.92 Å². The number of amides is 1. The normalized spacial score (nSPS) is 14.6. The fourth-order valence-corrected chi connectivity index (χ4v) is 4.65. The first-order valence-corrected chi connectivity index (χ1v) is 11.7. The molecule has 1 saturated heterocycles. The maximum atomic E-state index is 12.7. The summed E-state index contributed by atoms with van der Waals surface area (Å²) in [6, 6.07) is 15.8. The van der Waals surface area contributed by atoms with E-state index in [0.717, 1.165) is 43.1 Å². The Morgan fingerprint density at radius 3 is 2.55 bits per heavy atom. The summed E-state index contributed by atoms with van der Waals surface area (Å²) in [5.74, 6) is 0.777. The molecule has 2 heterocycles. The molecule has 1 N–H and O–H groups in total. The molecule has 1 atom stereocenters. The standard InChI is InChI=1S/C23H26ClN5OS/c1-16-9-11-19(12-10-16)29-22(28-13-5-6-14-28)26-27-23(29)31-17(2)21(30)25-15-18-7-3-4-8-20(18)24/h3-4,7-12,17H,5-6,13-15H2,1-2H3,(H,25,30). The molecule has 3 aromatic rings. The highest BCUT2D eigenvalue weighted by Crippen LogP contribution is 2.31. The van der Waals surface area contributed by atoms with E-state index in [9.17, 15) is 4.79 Å². The van der Waals surface area contributed by atoms with Crippen LogP contribution >= 0.6 is 23.4 Å². The first-order chi connectivity index (χ1) is 15.0. The molecule has 1 amide bonds. The highest BCUT2D eigenvalue weighted by atomic mass is 35.5. The Labute approximate surface area is 192 Å². The van der Waals surface area contributed by atoms with E-state index in [2.05, 4.69) is 56.2 Å². The van der Waals surface area contributed by atoms with Crippen LogP contribution < -0.4 is 10.2 Å². The van der Waals surface area contributed by atoms with Gasteiger partial charge in [-0.05, 0) is 50.5 Å². The zero-order valence-electron chi connectivity index (χ0n) is 17.7. The van der Waals surface area contributed by atoms with Crippen LogP contribution in [0.25, 0.3) is 5.69 Å². The SMILES string of the molecule is Cc1ccc(-n2c(SC(C)C(=O)NCc3ccccc3Cl)nnc2N2CCCC2)cc1. The van der Waals surface area contributed by atoms with Crippen LogP contribution in [0.15, 0.2) is 53.7 Å². The van der Waals surface area contributed by atoms with Crippen LogP contribution in [0.1, 0.15) is 30.9 Å². The van der Waals surface area contributed by atoms with Gasteiger partial charge in [-0.25, -0.2) is 0 Å². The molecular weight excluding hydrogens is 430 g/mol. The topological polar surface area (TPSA) is 63.1 Å². The molecule has 0 saturated carbocycles. The number of rotatable bonds is 7. The van der Waals surface area contributed by atoms with E-state index in [-0.39, 0.29) is 11.2 Å². The van der Waals surface area contributed by atoms with E-state index in [4.69, 9.17) is 11.6 Å². The van der Waals surface area contributed by atoms with Gasteiger partial charge in [0, 0.05) is 24.7 Å². The van der Waals surface area contributed by atoms with Crippen LogP contribution in [0.4, 0.5) is 5.95 Å². The van der Waals surface area contributed by atoms with Gasteiger partial charge < -0.3 is 10.2 Å². The summed E-state index contributed by atoms with van der Waals surface area (Å²) < 4.78 is 2.06. The minimum absolute atomic E-state index is 0.0638. The number of aromatic nitrogens is 3. The molecule has 1 fully saturated rings. The Kier molecular flexibility index (Phi) is 6.83. The number of carbonyl (C=O) groups excluding carboxylic acids is 1. The lowest BCUT2D eigenvalue weighted by Crippen LogP contribution is -2.30. The molecule has 1 aliphatic heterocycles. The maximum absolute atomic E-state index is 12.7. The molecule has 31 heavy (non-hydrogen) atoms. The number of thioether (sulfide) groups is 1. The highest BCUT2D eigenvalue weighted by Gasteiger charge is 2.25. The van der Waals surface area contributed by atoms with Crippen LogP contribution in [0.3, 0.4) is 0 Å². The Morgan fingerprint density at radius 2 is 1.84 bits per heavy atom. The molecule has 6 nitrogen and oxygen atoms in total. The predicted molar refractivity (Wildman–Crippen MR) is 126 cm³/mol. The Hall–Kier alpha value is -2.51. The van der Waals surface area contributed by atoms with Crippen LogP contribution in [0.5, 0.6) is 0 Å². The second-order valence-corrected chi connectivity index (χ2v) is 9.43. The summed E-state index contributed by atoms with van der Waals surface area (Å²) in [6.07, 6.45) is 2.31. The fourth-order valence-electron chi connectivity index (χ4n) is 3.56. The average Bonchev–Trinajstić information content (AvgIpc) is 3.43. The van der Waals surface area contributed by atoms with Gasteiger partial charge in [0.15, 0.2) is 5.16 Å². The molecule has 2 aromatic carbocycles. The molecule has 162 valence electrons. The van der Waals surface area contributed by atoms with Gasteiger partial charge in [-0.15, -0.1) is 10.2 Å². The first kappa shape index (κ1) is 21.7. The molecule has 1 aromatic heterocycles. The Balaban J connectivity index is 1.52. The van der Waals surface area contributed by atoms with Crippen molar-refractivity contribution in [1.82, 2.24) is 20.1 Å². The lowest BCUT2D eigenvalue weighted by Gasteiger charge is -2.19. The summed E-state index contributed by atoms with van der Waals surface area (Å²) in [4.78, 5) is 15.0. The molecule has 4 rings (SSSR count). The van der Waals surface area contributed by atoms with Crippen molar-refractivity contribution >= 4 is 35.2 Å². The maximum Gasteiger partial charge on any atom is 0.233 e. The molecule has 1 unspecified atom stereocenters. The lowest BCUT2D eigenvalue weighted by atomic mass is 10.2. The summed E-state index contributed by atoms with van der Waals surface area (Å²) in [5.41, 5.74) is 3.10. The zero-order valence-corrected chi connectivity index (χ0v) is 19.3. The van der Waals surface area contributed by atoms with Crippen molar-refractivity contribution < 1.29 is 4.79 Å². The van der Waals surface area contributed by atoms with E-state index in [0.29, 0.717) is 16.7 Å². The van der Waals surface area contributed by atoms with Crippen LogP contribution in [-0.2, 0) is 11.3 Å². The summed E-state index contributed by atoms with van der Waals surface area (Å²) in [6.45, 7) is 6.30. The van der Waals surface area contributed by atoms with Crippen molar-refractivity contribution in [3.63, 3.8) is 0 Å². The number of benzene rings is 2. The third kappa shape index (κ3) is 5.05. The van der Waals surface area contributed by atoms with Crippen molar-refractivity contribution in [1.29, 1.82) is 0 Å². The third-order valence-electron chi connectivity index (χ3n) is 5.36. The van der Waals surface area contributed by atoms with Crippen molar-refractivity contribution in [2.45, 2.75) is 43.6 Å². The van der Waals surface area contributed by atoms with Crippen molar-refractivity contribution in [3.8, 4) is 5.69 Å². The average molecular weight is 456 g/mol. The lowest BCUT2D eigenvalue weighted by molar-refractivity contribution is -0.120. The van der Waals surface area contributed by atoms with Crippen LogP contribution in [0.2, 0.25) is 5.02 Å². The van der Waals surface area contributed by atoms with Gasteiger partial charge in [0.2, 0.25) is 11.9 Å². The fraction of sp³-hybridized carbons (Fsp3) is 0.348. The van der Waals surface area contributed by atoms with E-state index >= 15 is 0 Å². The monoisotopic (exact) mass is 455 g/mol. The smallest absolute Gasteiger partial charge is 0.233 e. The number of hydrogen-bond donors (Lipinski definition) is 1. The second kappa shape index (κ2) is 9.75. The number of nitrogens with zero attached hydrogens (tertiary/aromatic N) is 4. The molecular formula is C23H26ClN5OS. The molecule has 0 aliphatic carbocycles. The molecule has 1 aliphatic rings. The molecule has 0 radical (unpaired) electrons. The minimum atomic E-state index is -0.331. The molecule has 8 heteroatoms. The number of aryl methyl sites for hydroxylation is 1. The van der Waals surface area contributed by atoms with Gasteiger partial charge in [-0.3, -0.25) is 9.36 Å². The summed E-state index contributed by atoms with van der Waals surface area (Å²) in [5, 5.41) is 12.9. The minimum Gasteiger partial charge on any atom is -0.351 e. The number of nitrogens with one attached hydrogen (secondary N) is 1. The highest BCUT2D eigenvalue weighted by molar-refractivity contribution is 8.00. The third-order valence-corrected chi connectivity index (χ3v) is 6.77. The van der Waals surface area contributed by atoms with E-state index in [1.54, 1.807) is 0 Å². The van der Waals surface area contributed by atoms with Gasteiger partial charge >= 0.3 is 0 Å². The Morgan fingerprint density at radius 1 is 1.13 bits per heavy atom. The molecule has 0 bridgehead atoms. The van der Waals surface area contributed by atoms with E-state index < -0.39 is 0 Å². The van der Waals surface area contributed by atoms with Gasteiger partial charge in [0.05, 0.1) is 10.9 Å². The second-order valence-electron chi connectivity index (χ2n) is 7.72. The number of carbonyl (C=O) groups is 1. The van der Waals surface area contributed by atoms with Gasteiger partial charge in [0.1, 0.15) is 0 Å². The van der Waals surface area contributed by atoms with Gasteiger partial charge in [0.25, 0.3) is 0 Å². The largest absolute Gasteiger partial charge is 0.351 e. The predicted octanol–water partition coefficient (Wildman–Crippen LogP) is 4.63. The first-order valence-electron chi connectivity index (χ1n) is 10.5.